The molecule has 1 saturated heterocycles. The predicted octanol–water partition coefficient (Wildman–Crippen LogP) is 2.07. The van der Waals surface area contributed by atoms with Crippen LogP contribution in [0.25, 0.3) is 10.9 Å². The summed E-state index contributed by atoms with van der Waals surface area (Å²) in [5.74, 6) is -0.252. The van der Waals surface area contributed by atoms with E-state index in [0.717, 1.165) is 22.2 Å². The first-order valence-electron chi connectivity index (χ1n) is 8.14. The van der Waals surface area contributed by atoms with E-state index in [1.54, 1.807) is 13.3 Å². The topological polar surface area (TPSA) is 82.9 Å². The van der Waals surface area contributed by atoms with Crippen LogP contribution >= 0.6 is 0 Å². The molecule has 1 aromatic heterocycles. The maximum atomic E-state index is 11.0. The van der Waals surface area contributed by atoms with E-state index in [-0.39, 0.29) is 5.92 Å². The summed E-state index contributed by atoms with van der Waals surface area (Å²) in [6.45, 7) is 1.88. The smallest absolute Gasteiger partial charge is 0.306 e. The Bertz CT molecular complexity index is 726. The third kappa shape index (κ3) is 3.49. The van der Waals surface area contributed by atoms with Crippen molar-refractivity contribution in [3.63, 3.8) is 0 Å². The van der Waals surface area contributed by atoms with Crippen LogP contribution in [0.4, 0.5) is 0 Å². The summed E-state index contributed by atoms with van der Waals surface area (Å²) < 4.78 is 5.27. The van der Waals surface area contributed by atoms with Crippen LogP contribution in [0.3, 0.4) is 0 Å². The van der Waals surface area contributed by atoms with Gasteiger partial charge >= 0.3 is 5.97 Å². The van der Waals surface area contributed by atoms with Crippen LogP contribution in [0, 0.1) is 5.92 Å². The molecular formula is C18H22N2O4. The average Bonchev–Trinajstić information content (AvgIpc) is 2.61. The molecule has 3 rings (SSSR count). The normalized spacial score (nSPS) is 17.8. The third-order valence-electron chi connectivity index (χ3n) is 4.71. The molecule has 24 heavy (non-hydrogen) atoms. The molecule has 2 aromatic rings. The Morgan fingerprint density at radius 2 is 2.12 bits per heavy atom. The summed E-state index contributed by atoms with van der Waals surface area (Å²) in [6, 6.07) is 7.44. The molecule has 6 heteroatoms. The molecule has 6 nitrogen and oxygen atoms in total. The standard InChI is InChI=1S/C18H22N2O4/c1-24-13-2-3-16-15(10-13)14(4-7-19-16)17(21)11-20-8-5-12(6-9-20)18(22)23/h2-4,7,10,12,17,21H,5-6,8-9,11H2,1H3,(H,22,23)/t17-/m1/s1. The molecule has 0 spiro atoms. The molecule has 0 aliphatic carbocycles. The van der Waals surface area contributed by atoms with Gasteiger partial charge in [0.2, 0.25) is 0 Å². The van der Waals surface area contributed by atoms with E-state index in [1.165, 1.54) is 0 Å². The summed E-state index contributed by atoms with van der Waals surface area (Å²) in [5, 5.41) is 20.6. The molecule has 1 fully saturated rings. The number of benzene rings is 1. The van der Waals surface area contributed by atoms with Gasteiger partial charge < -0.3 is 19.8 Å². The second kappa shape index (κ2) is 7.15. The second-order valence-corrected chi connectivity index (χ2v) is 6.21. The number of rotatable bonds is 5. The number of methoxy groups -OCH3 is 1. The molecule has 1 aliphatic rings. The van der Waals surface area contributed by atoms with E-state index < -0.39 is 12.1 Å². The largest absolute Gasteiger partial charge is 0.497 e. The molecule has 0 bridgehead atoms. The number of carboxylic acids is 1. The van der Waals surface area contributed by atoms with E-state index in [2.05, 4.69) is 9.88 Å². The van der Waals surface area contributed by atoms with Gasteiger partial charge in [-0.3, -0.25) is 9.78 Å². The molecule has 1 atom stereocenters. The highest BCUT2D eigenvalue weighted by Crippen LogP contribution is 2.28. The Hall–Kier alpha value is -2.18. The van der Waals surface area contributed by atoms with Gasteiger partial charge in [0.15, 0.2) is 0 Å². The number of hydrogen-bond donors (Lipinski definition) is 2. The Labute approximate surface area is 140 Å². The summed E-state index contributed by atoms with van der Waals surface area (Å²) >= 11 is 0. The SMILES string of the molecule is COc1ccc2nccc([C@H](O)CN3CCC(C(=O)O)CC3)c2c1. The van der Waals surface area contributed by atoms with Gasteiger partial charge in [-0.25, -0.2) is 0 Å². The lowest BCUT2D eigenvalue weighted by Crippen LogP contribution is -2.38. The number of carboxylic acid groups (broad SMARTS) is 1. The number of aliphatic hydroxyl groups is 1. The zero-order chi connectivity index (χ0) is 17.1. The number of carbonyl (C=O) groups is 1. The van der Waals surface area contributed by atoms with Gasteiger partial charge in [-0.2, -0.15) is 0 Å². The summed E-state index contributed by atoms with van der Waals surface area (Å²) in [6.07, 6.45) is 2.31. The van der Waals surface area contributed by atoms with Crippen LogP contribution in [-0.2, 0) is 4.79 Å². The number of ether oxygens (including phenoxy) is 1. The van der Waals surface area contributed by atoms with Crippen LogP contribution in [0.1, 0.15) is 24.5 Å². The maximum Gasteiger partial charge on any atom is 0.306 e. The summed E-state index contributed by atoms with van der Waals surface area (Å²) in [4.78, 5) is 17.5. The minimum atomic E-state index is -0.720. The van der Waals surface area contributed by atoms with Gasteiger partial charge in [0.05, 0.1) is 24.6 Å². The lowest BCUT2D eigenvalue weighted by Gasteiger charge is -2.31. The lowest BCUT2D eigenvalue weighted by molar-refractivity contribution is -0.143. The second-order valence-electron chi connectivity index (χ2n) is 6.21. The molecule has 0 radical (unpaired) electrons. The van der Waals surface area contributed by atoms with Crippen molar-refractivity contribution in [2.75, 3.05) is 26.7 Å². The number of likely N-dealkylation sites (tertiary alicyclic amines) is 1. The zero-order valence-electron chi connectivity index (χ0n) is 13.7. The monoisotopic (exact) mass is 330 g/mol. The molecule has 1 aromatic carbocycles. The van der Waals surface area contributed by atoms with E-state index >= 15 is 0 Å². The van der Waals surface area contributed by atoms with Crippen molar-refractivity contribution < 1.29 is 19.7 Å². The van der Waals surface area contributed by atoms with Gasteiger partial charge in [-0.05, 0) is 55.8 Å². The number of fused-ring (bicyclic) bond motifs is 1. The zero-order valence-corrected chi connectivity index (χ0v) is 13.7. The van der Waals surface area contributed by atoms with E-state index in [4.69, 9.17) is 9.84 Å². The van der Waals surface area contributed by atoms with Crippen LogP contribution in [0.5, 0.6) is 5.75 Å². The van der Waals surface area contributed by atoms with Crippen molar-refractivity contribution in [1.82, 2.24) is 9.88 Å². The number of aromatic nitrogens is 1. The van der Waals surface area contributed by atoms with Crippen LogP contribution < -0.4 is 4.74 Å². The minimum absolute atomic E-state index is 0.260. The number of aliphatic carboxylic acids is 1. The fourth-order valence-electron chi connectivity index (χ4n) is 3.27. The maximum absolute atomic E-state index is 11.0. The van der Waals surface area contributed by atoms with Gasteiger partial charge in [0.25, 0.3) is 0 Å². The number of nitrogens with zero attached hydrogens (tertiary/aromatic N) is 2. The molecule has 128 valence electrons. The van der Waals surface area contributed by atoms with Gasteiger partial charge in [-0.1, -0.05) is 0 Å². The molecule has 1 aliphatic heterocycles. The third-order valence-corrected chi connectivity index (χ3v) is 4.71. The fraction of sp³-hybridized carbons (Fsp3) is 0.444. The Morgan fingerprint density at radius 3 is 2.79 bits per heavy atom. The van der Waals surface area contributed by atoms with Crippen molar-refractivity contribution >= 4 is 16.9 Å². The number of β-amino-alcohol motifs (C(OH)–C–C–N with tert-alkyl or cyclic N) is 1. The number of piperidine rings is 1. The minimum Gasteiger partial charge on any atom is -0.497 e. The predicted molar refractivity (Wildman–Crippen MR) is 90.1 cm³/mol. The summed E-state index contributed by atoms with van der Waals surface area (Å²) in [7, 11) is 1.61. The number of pyridine rings is 1. The van der Waals surface area contributed by atoms with Crippen molar-refractivity contribution in [2.24, 2.45) is 5.92 Å². The quantitative estimate of drug-likeness (QED) is 0.873. The summed E-state index contributed by atoms with van der Waals surface area (Å²) in [5.41, 5.74) is 1.64. The van der Waals surface area contributed by atoms with Gasteiger partial charge in [0.1, 0.15) is 5.75 Å². The molecule has 2 heterocycles. The number of hydrogen-bond acceptors (Lipinski definition) is 5. The molecule has 0 unspecified atom stereocenters. The van der Waals surface area contributed by atoms with Crippen LogP contribution in [-0.4, -0.2) is 52.8 Å². The lowest BCUT2D eigenvalue weighted by atomic mass is 9.96. The van der Waals surface area contributed by atoms with Crippen LogP contribution in [0.15, 0.2) is 30.5 Å². The Morgan fingerprint density at radius 1 is 1.38 bits per heavy atom. The Kier molecular flexibility index (Phi) is 4.97. The molecular weight excluding hydrogens is 308 g/mol. The van der Waals surface area contributed by atoms with Crippen LogP contribution in [0.2, 0.25) is 0 Å². The van der Waals surface area contributed by atoms with Crippen molar-refractivity contribution in [1.29, 1.82) is 0 Å². The van der Waals surface area contributed by atoms with E-state index in [0.29, 0.717) is 32.5 Å². The fourth-order valence-corrected chi connectivity index (χ4v) is 3.27. The highest BCUT2D eigenvalue weighted by atomic mass is 16.5. The molecule has 0 amide bonds. The van der Waals surface area contributed by atoms with Crippen molar-refractivity contribution in [3.05, 3.63) is 36.0 Å². The highest BCUT2D eigenvalue weighted by molar-refractivity contribution is 5.83. The van der Waals surface area contributed by atoms with E-state index in [9.17, 15) is 9.90 Å². The molecule has 2 N–H and O–H groups in total. The first kappa shape index (κ1) is 16.7. The van der Waals surface area contributed by atoms with Gasteiger partial charge in [-0.15, -0.1) is 0 Å². The highest BCUT2D eigenvalue weighted by Gasteiger charge is 2.26. The first-order valence-corrected chi connectivity index (χ1v) is 8.14. The van der Waals surface area contributed by atoms with E-state index in [1.807, 2.05) is 24.3 Å². The van der Waals surface area contributed by atoms with Gasteiger partial charge in [0, 0.05) is 18.1 Å². The van der Waals surface area contributed by atoms with Crippen molar-refractivity contribution in [2.45, 2.75) is 18.9 Å². The molecule has 0 saturated carbocycles. The number of aliphatic hydroxyl groups excluding tert-OH is 1. The first-order chi connectivity index (χ1) is 11.6. The Balaban J connectivity index is 1.74. The van der Waals surface area contributed by atoms with Crippen molar-refractivity contribution in [3.8, 4) is 5.75 Å². The average molecular weight is 330 g/mol.